The maximum atomic E-state index is 10.8. The molecule has 2 aliphatic rings. The van der Waals surface area contributed by atoms with E-state index in [9.17, 15) is 4.79 Å². The van der Waals surface area contributed by atoms with Crippen molar-refractivity contribution < 1.29 is 9.90 Å². The lowest BCUT2D eigenvalue weighted by atomic mass is 9.79. The van der Waals surface area contributed by atoms with Gasteiger partial charge in [-0.2, -0.15) is 5.10 Å². The predicted molar refractivity (Wildman–Crippen MR) is 48.2 cm³/mol. The average Bonchev–Trinajstić information content (AvgIpc) is 2.34. The molecule has 2 saturated carbocycles. The van der Waals surface area contributed by atoms with Crippen LogP contribution in [-0.4, -0.2) is 16.8 Å². The molecule has 0 aliphatic heterocycles. The van der Waals surface area contributed by atoms with Gasteiger partial charge in [-0.05, 0) is 25.7 Å². The number of carboxylic acids is 1. The molecular formula is C9H14N2O2. The summed E-state index contributed by atoms with van der Waals surface area (Å²) in [4.78, 5) is 10.8. The second kappa shape index (κ2) is 3.01. The fourth-order valence-corrected chi connectivity index (χ4v) is 2.70. The van der Waals surface area contributed by atoms with Crippen molar-refractivity contribution in [3.63, 3.8) is 0 Å². The van der Waals surface area contributed by atoms with Gasteiger partial charge in [0.05, 0.1) is 5.92 Å². The first kappa shape index (κ1) is 8.53. The largest absolute Gasteiger partial charge is 0.481 e. The Morgan fingerprint density at radius 1 is 1.38 bits per heavy atom. The van der Waals surface area contributed by atoms with Crippen LogP contribution in [0.4, 0.5) is 0 Å². The first-order valence-electron chi connectivity index (χ1n) is 4.73. The Balaban J connectivity index is 2.15. The lowest BCUT2D eigenvalue weighted by molar-refractivity contribution is -0.142. The minimum absolute atomic E-state index is 0.164. The Hall–Kier alpha value is -1.06. The standard InChI is InChI=1S/C9H14N2O2/c10-11-8-5-1-2-6(8)4-7(3-5)9(12)13/h5-7H,1-4,10H2,(H,12,13)/t5-,6+,7?. The van der Waals surface area contributed by atoms with Crippen LogP contribution >= 0.6 is 0 Å². The van der Waals surface area contributed by atoms with Crippen LogP contribution in [0.1, 0.15) is 25.7 Å². The quantitative estimate of drug-likeness (QED) is 0.465. The fraction of sp³-hybridized carbons (Fsp3) is 0.778. The van der Waals surface area contributed by atoms with Crippen molar-refractivity contribution in [3.05, 3.63) is 0 Å². The van der Waals surface area contributed by atoms with Gasteiger partial charge < -0.3 is 10.9 Å². The van der Waals surface area contributed by atoms with E-state index in [1.165, 1.54) is 0 Å². The highest BCUT2D eigenvalue weighted by molar-refractivity contribution is 5.92. The highest BCUT2D eigenvalue weighted by atomic mass is 16.4. The topological polar surface area (TPSA) is 75.7 Å². The molecule has 4 heteroatoms. The molecule has 2 aliphatic carbocycles. The SMILES string of the molecule is NN=C1[C@@H]2CC[C@H]1CC(C(=O)O)C2. The summed E-state index contributed by atoms with van der Waals surface area (Å²) in [7, 11) is 0. The third-order valence-corrected chi connectivity index (χ3v) is 3.34. The molecule has 0 aromatic rings. The average molecular weight is 182 g/mol. The summed E-state index contributed by atoms with van der Waals surface area (Å²) in [6.45, 7) is 0. The predicted octanol–water partition coefficient (Wildman–Crippen LogP) is 0.822. The number of carbonyl (C=O) groups is 1. The van der Waals surface area contributed by atoms with Crippen molar-refractivity contribution >= 4 is 11.7 Å². The van der Waals surface area contributed by atoms with E-state index in [-0.39, 0.29) is 5.92 Å². The molecular weight excluding hydrogens is 168 g/mol. The molecule has 3 atom stereocenters. The Bertz CT molecular complexity index is 246. The number of fused-ring (bicyclic) bond motifs is 2. The maximum absolute atomic E-state index is 10.8. The van der Waals surface area contributed by atoms with Crippen LogP contribution in [0.5, 0.6) is 0 Å². The Morgan fingerprint density at radius 2 is 1.92 bits per heavy atom. The van der Waals surface area contributed by atoms with Gasteiger partial charge in [0.25, 0.3) is 0 Å². The van der Waals surface area contributed by atoms with Crippen LogP contribution in [0, 0.1) is 17.8 Å². The van der Waals surface area contributed by atoms with Gasteiger partial charge in [0.2, 0.25) is 0 Å². The summed E-state index contributed by atoms with van der Waals surface area (Å²) in [6.07, 6.45) is 3.62. The first-order chi connectivity index (χ1) is 6.22. The molecule has 0 spiro atoms. The number of rotatable bonds is 1. The highest BCUT2D eigenvalue weighted by Crippen LogP contribution is 2.42. The van der Waals surface area contributed by atoms with Crippen LogP contribution in [-0.2, 0) is 4.79 Å². The van der Waals surface area contributed by atoms with Gasteiger partial charge in [-0.15, -0.1) is 0 Å². The van der Waals surface area contributed by atoms with Crippen LogP contribution in [0.2, 0.25) is 0 Å². The first-order valence-corrected chi connectivity index (χ1v) is 4.73. The van der Waals surface area contributed by atoms with Gasteiger partial charge in [0, 0.05) is 17.5 Å². The maximum Gasteiger partial charge on any atom is 0.306 e. The lowest BCUT2D eigenvalue weighted by Crippen LogP contribution is -2.31. The normalized spacial score (nSPS) is 40.9. The molecule has 13 heavy (non-hydrogen) atoms. The summed E-state index contributed by atoms with van der Waals surface area (Å²) in [5, 5.41) is 12.7. The van der Waals surface area contributed by atoms with Crippen LogP contribution in [0.25, 0.3) is 0 Å². The molecule has 2 bridgehead atoms. The molecule has 3 N–H and O–H groups in total. The van der Waals surface area contributed by atoms with E-state index in [2.05, 4.69) is 5.10 Å². The number of hydrogen-bond donors (Lipinski definition) is 2. The second-order valence-electron chi connectivity index (χ2n) is 4.03. The van der Waals surface area contributed by atoms with E-state index < -0.39 is 5.97 Å². The van der Waals surface area contributed by atoms with Crippen LogP contribution < -0.4 is 5.84 Å². The minimum Gasteiger partial charge on any atom is -0.481 e. The number of aliphatic carboxylic acids is 1. The molecule has 2 fully saturated rings. The smallest absolute Gasteiger partial charge is 0.306 e. The molecule has 0 heterocycles. The second-order valence-corrected chi connectivity index (χ2v) is 4.03. The zero-order valence-corrected chi connectivity index (χ0v) is 7.44. The molecule has 0 aromatic carbocycles. The molecule has 0 radical (unpaired) electrons. The van der Waals surface area contributed by atoms with Crippen molar-refractivity contribution in [2.75, 3.05) is 0 Å². The van der Waals surface area contributed by atoms with Gasteiger partial charge in [-0.1, -0.05) is 0 Å². The van der Waals surface area contributed by atoms with Gasteiger partial charge in [-0.25, -0.2) is 0 Å². The Morgan fingerprint density at radius 3 is 2.31 bits per heavy atom. The molecule has 0 aromatic heterocycles. The monoisotopic (exact) mass is 182 g/mol. The van der Waals surface area contributed by atoms with Crippen molar-refractivity contribution in [1.82, 2.24) is 0 Å². The van der Waals surface area contributed by atoms with E-state index in [4.69, 9.17) is 10.9 Å². The number of nitrogens with zero attached hydrogens (tertiary/aromatic N) is 1. The Kier molecular flexibility index (Phi) is 1.98. The third-order valence-electron chi connectivity index (χ3n) is 3.34. The lowest BCUT2D eigenvalue weighted by Gasteiger charge is -2.25. The van der Waals surface area contributed by atoms with Gasteiger partial charge >= 0.3 is 5.97 Å². The number of hydrazone groups is 1. The molecule has 4 nitrogen and oxygen atoms in total. The van der Waals surface area contributed by atoms with E-state index in [1.807, 2.05) is 0 Å². The summed E-state index contributed by atoms with van der Waals surface area (Å²) in [5.41, 5.74) is 1.07. The van der Waals surface area contributed by atoms with Crippen LogP contribution in [0.15, 0.2) is 5.10 Å². The van der Waals surface area contributed by atoms with Crippen molar-refractivity contribution in [2.45, 2.75) is 25.7 Å². The zero-order valence-electron chi connectivity index (χ0n) is 7.44. The van der Waals surface area contributed by atoms with E-state index in [0.717, 1.165) is 31.4 Å². The number of carboxylic acid groups (broad SMARTS) is 1. The molecule has 2 rings (SSSR count). The number of hydrogen-bond acceptors (Lipinski definition) is 3. The van der Waals surface area contributed by atoms with E-state index in [1.54, 1.807) is 0 Å². The van der Waals surface area contributed by atoms with Crippen molar-refractivity contribution in [1.29, 1.82) is 0 Å². The summed E-state index contributed by atoms with van der Waals surface area (Å²) in [5.74, 6) is 5.17. The molecule has 0 saturated heterocycles. The molecule has 1 unspecified atom stereocenters. The van der Waals surface area contributed by atoms with Gasteiger partial charge in [-0.3, -0.25) is 4.79 Å². The summed E-state index contributed by atoms with van der Waals surface area (Å²) < 4.78 is 0. The summed E-state index contributed by atoms with van der Waals surface area (Å²) >= 11 is 0. The van der Waals surface area contributed by atoms with E-state index >= 15 is 0 Å². The van der Waals surface area contributed by atoms with E-state index in [0.29, 0.717) is 11.8 Å². The zero-order chi connectivity index (χ0) is 9.42. The van der Waals surface area contributed by atoms with Crippen LogP contribution in [0.3, 0.4) is 0 Å². The highest BCUT2D eigenvalue weighted by Gasteiger charge is 2.42. The number of nitrogens with two attached hydrogens (primary N) is 1. The fourth-order valence-electron chi connectivity index (χ4n) is 2.70. The summed E-state index contributed by atoms with van der Waals surface area (Å²) in [6, 6.07) is 0. The van der Waals surface area contributed by atoms with Gasteiger partial charge in [0.15, 0.2) is 0 Å². The van der Waals surface area contributed by atoms with Crippen molar-refractivity contribution in [3.8, 4) is 0 Å². The van der Waals surface area contributed by atoms with Crippen molar-refractivity contribution in [2.24, 2.45) is 28.7 Å². The molecule has 72 valence electrons. The third kappa shape index (κ3) is 1.30. The minimum atomic E-state index is -0.659. The molecule has 0 amide bonds. The van der Waals surface area contributed by atoms with Gasteiger partial charge in [0.1, 0.15) is 0 Å². The Labute approximate surface area is 76.8 Å².